The van der Waals surface area contributed by atoms with Crippen LogP contribution in [0.2, 0.25) is 0 Å². The Morgan fingerprint density at radius 1 is 1.40 bits per heavy atom. The van der Waals surface area contributed by atoms with E-state index in [0.717, 1.165) is 0 Å². The van der Waals surface area contributed by atoms with Gasteiger partial charge < -0.3 is 5.73 Å². The van der Waals surface area contributed by atoms with Crippen LogP contribution in [0.5, 0.6) is 0 Å². The summed E-state index contributed by atoms with van der Waals surface area (Å²) in [6.45, 7) is 4.22. The van der Waals surface area contributed by atoms with Gasteiger partial charge in [0, 0.05) is 12.0 Å². The lowest BCUT2D eigenvalue weighted by Gasteiger charge is -2.17. The minimum absolute atomic E-state index is 0.179. The summed E-state index contributed by atoms with van der Waals surface area (Å²) >= 11 is 0. The number of hydrogen-bond donors (Lipinski definition) is 1. The molecule has 1 aliphatic rings. The van der Waals surface area contributed by atoms with Crippen LogP contribution in [0.15, 0.2) is 35.9 Å². The van der Waals surface area contributed by atoms with Gasteiger partial charge in [-0.2, -0.15) is 0 Å². The quantitative estimate of drug-likeness (QED) is 0.731. The van der Waals surface area contributed by atoms with Crippen LogP contribution >= 0.6 is 0 Å². The second kappa shape index (κ2) is 4.19. The molecule has 0 aliphatic heterocycles. The number of aryl methyl sites for hydroxylation is 1. The molecule has 0 heterocycles. The van der Waals surface area contributed by atoms with Crippen LogP contribution in [0.1, 0.15) is 37.3 Å². The minimum Gasteiger partial charge on any atom is -0.324 e. The van der Waals surface area contributed by atoms with Crippen LogP contribution in [-0.4, -0.2) is 6.04 Å². The molecule has 0 saturated heterocycles. The molecule has 2 unspecified atom stereocenters. The highest BCUT2D eigenvalue weighted by molar-refractivity contribution is 5.37. The van der Waals surface area contributed by atoms with Gasteiger partial charge in [0.25, 0.3) is 0 Å². The molecule has 0 radical (unpaired) electrons. The number of hydrogen-bond acceptors (Lipinski definition) is 1. The predicted octanol–water partition coefficient (Wildman–Crippen LogP) is 3.01. The van der Waals surface area contributed by atoms with Crippen molar-refractivity contribution in [3.05, 3.63) is 47.0 Å². The van der Waals surface area contributed by atoms with E-state index >= 15 is 0 Å². The van der Waals surface area contributed by atoms with E-state index in [1.54, 1.807) is 0 Å². The van der Waals surface area contributed by atoms with E-state index in [0.29, 0.717) is 5.92 Å². The SMILES string of the molecule is CC(C)=CC(N)C1CCc2ccccc21. The van der Waals surface area contributed by atoms with Crippen molar-refractivity contribution in [2.24, 2.45) is 5.73 Å². The van der Waals surface area contributed by atoms with Gasteiger partial charge in [-0.3, -0.25) is 0 Å². The van der Waals surface area contributed by atoms with Gasteiger partial charge in [0.2, 0.25) is 0 Å². The molecule has 2 rings (SSSR count). The molecule has 0 fully saturated rings. The first-order chi connectivity index (χ1) is 7.18. The zero-order valence-corrected chi connectivity index (χ0v) is 9.53. The van der Waals surface area contributed by atoms with Crippen molar-refractivity contribution < 1.29 is 0 Å². The normalized spacial score (nSPS) is 20.9. The van der Waals surface area contributed by atoms with Gasteiger partial charge >= 0.3 is 0 Å². The van der Waals surface area contributed by atoms with E-state index in [9.17, 15) is 0 Å². The standard InChI is InChI=1S/C14H19N/c1-10(2)9-14(15)13-8-7-11-5-3-4-6-12(11)13/h3-6,9,13-14H,7-8,15H2,1-2H3. The number of rotatable bonds is 2. The average molecular weight is 201 g/mol. The van der Waals surface area contributed by atoms with Gasteiger partial charge in [-0.1, -0.05) is 35.9 Å². The van der Waals surface area contributed by atoms with Gasteiger partial charge in [-0.25, -0.2) is 0 Å². The summed E-state index contributed by atoms with van der Waals surface area (Å²) in [5.41, 5.74) is 10.5. The fourth-order valence-electron chi connectivity index (χ4n) is 2.49. The maximum atomic E-state index is 6.22. The maximum absolute atomic E-state index is 6.22. The Kier molecular flexibility index (Phi) is 2.92. The third kappa shape index (κ3) is 2.13. The topological polar surface area (TPSA) is 26.0 Å². The first-order valence-corrected chi connectivity index (χ1v) is 5.67. The fraction of sp³-hybridized carbons (Fsp3) is 0.429. The molecule has 1 aromatic carbocycles. The molecule has 1 heteroatoms. The molecule has 1 aliphatic carbocycles. The van der Waals surface area contributed by atoms with Crippen LogP contribution in [-0.2, 0) is 6.42 Å². The molecule has 0 aromatic heterocycles. The van der Waals surface area contributed by atoms with Crippen LogP contribution in [0.25, 0.3) is 0 Å². The van der Waals surface area contributed by atoms with E-state index in [1.165, 1.54) is 29.5 Å². The Morgan fingerprint density at radius 3 is 2.87 bits per heavy atom. The monoisotopic (exact) mass is 201 g/mol. The van der Waals surface area contributed by atoms with Crippen molar-refractivity contribution in [3.63, 3.8) is 0 Å². The number of fused-ring (bicyclic) bond motifs is 1. The molecule has 2 N–H and O–H groups in total. The van der Waals surface area contributed by atoms with Gasteiger partial charge in [0.15, 0.2) is 0 Å². The maximum Gasteiger partial charge on any atom is 0.0296 e. The largest absolute Gasteiger partial charge is 0.324 e. The summed E-state index contributed by atoms with van der Waals surface area (Å²) in [6, 6.07) is 8.87. The first kappa shape index (κ1) is 10.4. The van der Waals surface area contributed by atoms with Gasteiger partial charge in [0.1, 0.15) is 0 Å². The average Bonchev–Trinajstić information content (AvgIpc) is 2.59. The third-order valence-corrected chi connectivity index (χ3v) is 3.17. The first-order valence-electron chi connectivity index (χ1n) is 5.67. The Morgan fingerprint density at radius 2 is 2.13 bits per heavy atom. The van der Waals surface area contributed by atoms with Crippen molar-refractivity contribution in [2.45, 2.75) is 38.6 Å². The zero-order chi connectivity index (χ0) is 10.8. The molecule has 1 aromatic rings. The number of allylic oxidation sites excluding steroid dienone is 1. The summed E-state index contributed by atoms with van der Waals surface area (Å²) in [5.74, 6) is 0.524. The lowest BCUT2D eigenvalue weighted by Crippen LogP contribution is -2.25. The molecule has 15 heavy (non-hydrogen) atoms. The molecule has 0 bridgehead atoms. The molecule has 0 saturated carbocycles. The van der Waals surface area contributed by atoms with Crippen molar-refractivity contribution in [2.75, 3.05) is 0 Å². The summed E-state index contributed by atoms with van der Waals surface area (Å²) in [6.07, 6.45) is 4.57. The smallest absolute Gasteiger partial charge is 0.0296 e. The van der Waals surface area contributed by atoms with Crippen LogP contribution in [0.3, 0.4) is 0 Å². The number of nitrogens with two attached hydrogens (primary N) is 1. The van der Waals surface area contributed by atoms with E-state index in [4.69, 9.17) is 5.73 Å². The van der Waals surface area contributed by atoms with Crippen molar-refractivity contribution in [3.8, 4) is 0 Å². The molecular formula is C14H19N. The lowest BCUT2D eigenvalue weighted by atomic mass is 9.93. The second-order valence-electron chi connectivity index (χ2n) is 4.67. The third-order valence-electron chi connectivity index (χ3n) is 3.17. The highest BCUT2D eigenvalue weighted by Crippen LogP contribution is 2.35. The minimum atomic E-state index is 0.179. The van der Waals surface area contributed by atoms with Crippen LogP contribution in [0.4, 0.5) is 0 Å². The Balaban J connectivity index is 2.24. The van der Waals surface area contributed by atoms with Gasteiger partial charge in [-0.05, 0) is 37.8 Å². The van der Waals surface area contributed by atoms with Crippen molar-refractivity contribution >= 4 is 0 Å². The van der Waals surface area contributed by atoms with E-state index < -0.39 is 0 Å². The van der Waals surface area contributed by atoms with Crippen LogP contribution < -0.4 is 5.73 Å². The van der Waals surface area contributed by atoms with E-state index in [1.807, 2.05) is 0 Å². The Hall–Kier alpha value is -1.08. The fourth-order valence-corrected chi connectivity index (χ4v) is 2.49. The molecule has 0 amide bonds. The highest BCUT2D eigenvalue weighted by Gasteiger charge is 2.25. The molecule has 2 atom stereocenters. The summed E-state index contributed by atoms with van der Waals surface area (Å²) in [7, 11) is 0. The predicted molar refractivity (Wildman–Crippen MR) is 64.9 cm³/mol. The highest BCUT2D eigenvalue weighted by atomic mass is 14.6. The van der Waals surface area contributed by atoms with Gasteiger partial charge in [0.05, 0.1) is 0 Å². The van der Waals surface area contributed by atoms with Crippen LogP contribution in [0, 0.1) is 0 Å². The Bertz CT molecular complexity index is 375. The summed E-state index contributed by atoms with van der Waals surface area (Å²) < 4.78 is 0. The van der Waals surface area contributed by atoms with Gasteiger partial charge in [-0.15, -0.1) is 0 Å². The zero-order valence-electron chi connectivity index (χ0n) is 9.53. The lowest BCUT2D eigenvalue weighted by molar-refractivity contribution is 0.602. The van der Waals surface area contributed by atoms with E-state index in [-0.39, 0.29) is 6.04 Å². The van der Waals surface area contributed by atoms with Crippen molar-refractivity contribution in [1.29, 1.82) is 0 Å². The number of benzene rings is 1. The summed E-state index contributed by atoms with van der Waals surface area (Å²) in [4.78, 5) is 0. The molecule has 0 spiro atoms. The van der Waals surface area contributed by atoms with E-state index in [2.05, 4.69) is 44.2 Å². The van der Waals surface area contributed by atoms with Crippen molar-refractivity contribution in [1.82, 2.24) is 0 Å². The Labute approximate surface area is 92.0 Å². The molecule has 1 nitrogen and oxygen atoms in total. The summed E-state index contributed by atoms with van der Waals surface area (Å²) in [5, 5.41) is 0. The second-order valence-corrected chi connectivity index (χ2v) is 4.67. The molecule has 80 valence electrons. The molecular weight excluding hydrogens is 182 g/mol.